The number of hydrogen-bond acceptors (Lipinski definition) is 12. The van der Waals surface area contributed by atoms with Gasteiger partial charge in [-0.1, -0.05) is 0 Å². The van der Waals surface area contributed by atoms with Crippen molar-refractivity contribution in [2.45, 2.75) is 0 Å². The van der Waals surface area contributed by atoms with Crippen LogP contribution in [0.1, 0.15) is 0 Å². The molecule has 0 saturated carbocycles. The summed E-state index contributed by atoms with van der Waals surface area (Å²) in [5.41, 5.74) is 1.15. The molecule has 3 aliphatic rings. The van der Waals surface area contributed by atoms with E-state index in [1.807, 2.05) is 0 Å². The third-order valence-electron chi connectivity index (χ3n) is 8.41. The Morgan fingerprint density at radius 2 is 0.974 bits per heavy atom. The first-order valence-electron chi connectivity index (χ1n) is 12.2. The molecule has 2 spiro atoms. The number of fused-ring (bicyclic) bond motifs is 2. The lowest BCUT2D eigenvalue weighted by molar-refractivity contribution is -1.03. The van der Waals surface area contributed by atoms with Crippen molar-refractivity contribution in [3.8, 4) is 0 Å². The Labute approximate surface area is 228 Å². The molecule has 7 rings (SSSR count). The molecule has 4 aromatic heterocycles. The van der Waals surface area contributed by atoms with Crippen LogP contribution in [-0.2, 0) is 0 Å². The molecular formula is C20H26Cl2N12O4. The second kappa shape index (κ2) is 9.76. The molecule has 7 heterocycles. The summed E-state index contributed by atoms with van der Waals surface area (Å²) in [4.78, 5) is 21.8. The Hall–Kier alpha value is -3.34. The predicted octanol–water partition coefficient (Wildman–Crippen LogP) is -8.19. The van der Waals surface area contributed by atoms with E-state index in [4.69, 9.17) is 9.26 Å². The standard InChI is InChI=1S/C20H26N12O4.2ClH/c33-29-15-17(25-35-29)21-13-23-19(15)27-1-5-31(6-2-27)9-11-32(12-10-31)7-3-28(4-8-32)20-16-18(22-14-24-20)26-36-30(16)34;;/h13-14H,1-12H2;2*1H/q+2;;/p-2. The SMILES string of the molecule is [Cl-].[Cl-].[O-][n+]1onc2ncnc(N3CC[N+]4(CC3)CC[N+]3(CCN(c5ncnc6no[n+]([O-])c56)CC3)CC4)c21. The molecule has 0 bridgehead atoms. The van der Waals surface area contributed by atoms with E-state index in [2.05, 4.69) is 40.0 Å². The first kappa shape index (κ1) is 26.3. The summed E-state index contributed by atoms with van der Waals surface area (Å²) in [6.07, 6.45) is 2.86. The van der Waals surface area contributed by atoms with Crippen molar-refractivity contribution in [2.24, 2.45) is 0 Å². The third-order valence-corrected chi connectivity index (χ3v) is 8.41. The Balaban J connectivity index is 0.00000147. The van der Waals surface area contributed by atoms with Crippen molar-refractivity contribution >= 4 is 34.0 Å². The third kappa shape index (κ3) is 4.16. The molecule has 3 saturated heterocycles. The number of piperazine rings is 3. The maximum absolute atomic E-state index is 12.0. The van der Waals surface area contributed by atoms with Gasteiger partial charge in [0.1, 0.15) is 38.8 Å². The lowest BCUT2D eigenvalue weighted by Gasteiger charge is -2.54. The van der Waals surface area contributed by atoms with E-state index in [-0.39, 0.29) is 36.1 Å². The number of rotatable bonds is 2. The van der Waals surface area contributed by atoms with Gasteiger partial charge in [-0.25, -0.2) is 9.97 Å². The molecule has 0 atom stereocenters. The topological polar surface area (TPSA) is 164 Å². The molecule has 0 amide bonds. The van der Waals surface area contributed by atoms with E-state index in [1.54, 1.807) is 0 Å². The fourth-order valence-corrected chi connectivity index (χ4v) is 6.05. The summed E-state index contributed by atoms with van der Waals surface area (Å²) in [5, 5.41) is 31.5. The lowest BCUT2D eigenvalue weighted by atomic mass is 10.1. The van der Waals surface area contributed by atoms with Crippen LogP contribution in [0.3, 0.4) is 0 Å². The number of quaternary nitrogens is 2. The van der Waals surface area contributed by atoms with Crippen LogP contribution in [0.2, 0.25) is 0 Å². The largest absolute Gasteiger partial charge is 1.00 e. The summed E-state index contributed by atoms with van der Waals surface area (Å²) in [7, 11) is 0. The van der Waals surface area contributed by atoms with Gasteiger partial charge in [-0.2, -0.15) is 9.97 Å². The first-order valence-corrected chi connectivity index (χ1v) is 12.2. The maximum atomic E-state index is 12.0. The van der Waals surface area contributed by atoms with Crippen LogP contribution in [0.5, 0.6) is 0 Å². The van der Waals surface area contributed by atoms with Gasteiger partial charge < -0.3 is 54.0 Å². The fraction of sp³-hybridized carbons (Fsp3) is 0.600. The van der Waals surface area contributed by atoms with Gasteiger partial charge in [-0.05, 0) is 9.81 Å². The molecule has 3 fully saturated rings. The van der Waals surface area contributed by atoms with Gasteiger partial charge in [-0.3, -0.25) is 9.26 Å². The Bertz CT molecular complexity index is 1310. The Morgan fingerprint density at radius 1 is 0.605 bits per heavy atom. The molecule has 0 aliphatic carbocycles. The maximum Gasteiger partial charge on any atom is 0.345 e. The van der Waals surface area contributed by atoms with Gasteiger partial charge in [0.2, 0.25) is 0 Å². The van der Waals surface area contributed by atoms with E-state index in [0.29, 0.717) is 32.5 Å². The highest BCUT2D eigenvalue weighted by atomic mass is 35.5. The molecule has 0 radical (unpaired) electrons. The van der Waals surface area contributed by atoms with E-state index in [9.17, 15) is 10.4 Å². The molecule has 204 valence electrons. The van der Waals surface area contributed by atoms with Crippen LogP contribution in [0, 0.1) is 10.4 Å². The van der Waals surface area contributed by atoms with Crippen molar-refractivity contribution in [3.05, 3.63) is 23.1 Å². The number of halogens is 2. The molecule has 3 aliphatic heterocycles. The highest BCUT2D eigenvalue weighted by Crippen LogP contribution is 2.28. The fourth-order valence-electron chi connectivity index (χ4n) is 6.05. The average molecular weight is 569 g/mol. The Kier molecular flexibility index (Phi) is 6.75. The molecule has 0 unspecified atom stereocenters. The quantitative estimate of drug-likeness (QED) is 0.166. The summed E-state index contributed by atoms with van der Waals surface area (Å²) in [6.45, 7) is 11.9. The van der Waals surface area contributed by atoms with Crippen molar-refractivity contribution in [2.75, 3.05) is 88.3 Å². The minimum atomic E-state index is 0. The predicted molar refractivity (Wildman–Crippen MR) is 121 cm³/mol. The van der Waals surface area contributed by atoms with Crippen LogP contribution in [0.15, 0.2) is 21.9 Å². The Morgan fingerprint density at radius 3 is 1.34 bits per heavy atom. The second-order valence-corrected chi connectivity index (χ2v) is 10.0. The van der Waals surface area contributed by atoms with Gasteiger partial charge >= 0.3 is 11.3 Å². The number of hydrogen-bond donors (Lipinski definition) is 0. The number of anilines is 2. The highest BCUT2D eigenvalue weighted by molar-refractivity contribution is 5.79. The average Bonchev–Trinajstić information content (AvgIpc) is 3.50. The van der Waals surface area contributed by atoms with Crippen LogP contribution >= 0.6 is 0 Å². The van der Waals surface area contributed by atoms with E-state index >= 15 is 0 Å². The molecular weight excluding hydrogens is 543 g/mol. The lowest BCUT2D eigenvalue weighted by Crippen LogP contribution is -3.00. The first-order chi connectivity index (χ1) is 17.5. The highest BCUT2D eigenvalue weighted by Gasteiger charge is 2.46. The summed E-state index contributed by atoms with van der Waals surface area (Å²) in [6, 6.07) is 0. The van der Waals surface area contributed by atoms with Gasteiger partial charge in [-0.15, -0.1) is 0 Å². The molecule has 4 aromatic rings. The minimum Gasteiger partial charge on any atom is -1.00 e. The van der Waals surface area contributed by atoms with Crippen molar-refractivity contribution in [1.82, 2.24) is 30.2 Å². The molecule has 18 heteroatoms. The van der Waals surface area contributed by atoms with E-state index in [0.717, 1.165) is 87.5 Å². The smallest absolute Gasteiger partial charge is 0.345 e. The monoisotopic (exact) mass is 568 g/mol. The van der Waals surface area contributed by atoms with Gasteiger partial charge in [0.25, 0.3) is 11.0 Å². The van der Waals surface area contributed by atoms with Crippen LogP contribution in [0.4, 0.5) is 11.6 Å². The number of aromatic nitrogens is 8. The zero-order valence-electron chi connectivity index (χ0n) is 20.4. The zero-order chi connectivity index (χ0) is 24.3. The summed E-state index contributed by atoms with van der Waals surface area (Å²) in [5.74, 6) is 1.19. The normalized spacial score (nSPS) is 20.5. The second-order valence-electron chi connectivity index (χ2n) is 10.0. The van der Waals surface area contributed by atoms with Crippen molar-refractivity contribution in [3.63, 3.8) is 0 Å². The number of nitrogens with zero attached hydrogens (tertiary/aromatic N) is 12. The van der Waals surface area contributed by atoms with Crippen molar-refractivity contribution < 1.29 is 52.8 Å². The molecule has 38 heavy (non-hydrogen) atoms. The van der Waals surface area contributed by atoms with E-state index in [1.165, 1.54) is 12.7 Å². The van der Waals surface area contributed by atoms with Gasteiger partial charge in [0.05, 0.1) is 62.7 Å². The summed E-state index contributed by atoms with van der Waals surface area (Å²) >= 11 is 0. The summed E-state index contributed by atoms with van der Waals surface area (Å²) < 4.78 is 11.6. The zero-order valence-corrected chi connectivity index (χ0v) is 21.9. The molecule has 16 nitrogen and oxygen atoms in total. The van der Waals surface area contributed by atoms with Crippen LogP contribution in [-0.4, -0.2) is 118 Å². The van der Waals surface area contributed by atoms with E-state index < -0.39 is 0 Å². The molecule has 0 N–H and O–H groups in total. The van der Waals surface area contributed by atoms with Gasteiger partial charge in [0.15, 0.2) is 11.6 Å². The van der Waals surface area contributed by atoms with Gasteiger partial charge in [0, 0.05) is 0 Å². The minimum absolute atomic E-state index is 0. The van der Waals surface area contributed by atoms with Crippen LogP contribution in [0.25, 0.3) is 22.3 Å². The van der Waals surface area contributed by atoms with Crippen molar-refractivity contribution in [1.29, 1.82) is 0 Å². The van der Waals surface area contributed by atoms with Crippen LogP contribution < -0.4 is 44.4 Å². The molecule has 0 aromatic carbocycles.